The van der Waals surface area contributed by atoms with E-state index in [0.29, 0.717) is 5.92 Å². The second kappa shape index (κ2) is 6.20. The maximum absolute atomic E-state index is 11.1. The maximum atomic E-state index is 11.1. The van der Waals surface area contributed by atoms with Crippen LogP contribution in [0.3, 0.4) is 0 Å². The summed E-state index contributed by atoms with van der Waals surface area (Å²) in [5.74, 6) is -0.322. The molecule has 1 heterocycles. The van der Waals surface area contributed by atoms with Crippen molar-refractivity contribution >= 4 is 28.9 Å². The molecule has 0 spiro atoms. The number of rotatable bonds is 4. The van der Waals surface area contributed by atoms with E-state index in [1.54, 1.807) is 11.3 Å². The second-order valence-electron chi connectivity index (χ2n) is 5.68. The Balaban J connectivity index is 1.79. The van der Waals surface area contributed by atoms with Crippen LogP contribution in [0.1, 0.15) is 24.8 Å². The standard InChI is InChI=1S/C17H17ClO2S/c18-16-8-7-15(21-16)14-4-2-1-3-12(14)9-11-5-6-13(10-11)17(19)20/h1-4,7-8,11,13H,5-6,9-10H2,(H,19,20)/t11-,13+/m0/s1. The smallest absolute Gasteiger partial charge is 0.306 e. The quantitative estimate of drug-likeness (QED) is 0.849. The lowest BCUT2D eigenvalue weighted by Gasteiger charge is -2.13. The SMILES string of the molecule is O=C(O)[C@@H]1CC[C@@H](Cc2ccccc2-c2ccc(Cl)s2)C1. The molecule has 0 unspecified atom stereocenters. The molecule has 110 valence electrons. The summed E-state index contributed by atoms with van der Waals surface area (Å²) in [6.07, 6.45) is 3.58. The summed E-state index contributed by atoms with van der Waals surface area (Å²) in [4.78, 5) is 12.3. The molecule has 21 heavy (non-hydrogen) atoms. The number of carboxylic acids is 1. The van der Waals surface area contributed by atoms with Crippen molar-refractivity contribution in [2.24, 2.45) is 11.8 Å². The number of thiophene rings is 1. The number of carboxylic acid groups (broad SMARTS) is 1. The van der Waals surface area contributed by atoms with Crippen molar-refractivity contribution in [3.05, 3.63) is 46.3 Å². The monoisotopic (exact) mass is 320 g/mol. The molecule has 1 aromatic heterocycles. The van der Waals surface area contributed by atoms with Gasteiger partial charge in [-0.05, 0) is 54.9 Å². The molecule has 1 aromatic carbocycles. The van der Waals surface area contributed by atoms with Gasteiger partial charge in [0.2, 0.25) is 0 Å². The highest BCUT2D eigenvalue weighted by molar-refractivity contribution is 7.19. The summed E-state index contributed by atoms with van der Waals surface area (Å²) in [5, 5.41) is 9.12. The maximum Gasteiger partial charge on any atom is 0.306 e. The summed E-state index contributed by atoms with van der Waals surface area (Å²) in [6.45, 7) is 0. The first-order valence-corrected chi connectivity index (χ1v) is 8.39. The van der Waals surface area contributed by atoms with E-state index in [-0.39, 0.29) is 5.92 Å². The van der Waals surface area contributed by atoms with E-state index in [0.717, 1.165) is 30.0 Å². The molecule has 2 nitrogen and oxygen atoms in total. The highest BCUT2D eigenvalue weighted by Crippen LogP contribution is 2.37. The zero-order chi connectivity index (χ0) is 14.8. The minimum absolute atomic E-state index is 0.154. The van der Waals surface area contributed by atoms with Crippen molar-refractivity contribution in [3.63, 3.8) is 0 Å². The van der Waals surface area contributed by atoms with Gasteiger partial charge in [0.15, 0.2) is 0 Å². The molecule has 0 saturated heterocycles. The molecule has 2 atom stereocenters. The lowest BCUT2D eigenvalue weighted by Crippen LogP contribution is -2.10. The van der Waals surface area contributed by atoms with Crippen LogP contribution in [-0.2, 0) is 11.2 Å². The molecule has 1 N–H and O–H groups in total. The van der Waals surface area contributed by atoms with E-state index >= 15 is 0 Å². The van der Waals surface area contributed by atoms with Gasteiger partial charge in [0, 0.05) is 4.88 Å². The summed E-state index contributed by atoms with van der Waals surface area (Å²) in [5.41, 5.74) is 2.53. The summed E-state index contributed by atoms with van der Waals surface area (Å²) in [7, 11) is 0. The number of hydrogen-bond acceptors (Lipinski definition) is 2. The minimum atomic E-state index is -0.643. The van der Waals surface area contributed by atoms with Crippen LogP contribution < -0.4 is 0 Å². The lowest BCUT2D eigenvalue weighted by molar-refractivity contribution is -0.141. The van der Waals surface area contributed by atoms with Crippen molar-refractivity contribution in [2.45, 2.75) is 25.7 Å². The van der Waals surface area contributed by atoms with Gasteiger partial charge in [0.05, 0.1) is 10.3 Å². The van der Waals surface area contributed by atoms with Crippen LogP contribution in [0.15, 0.2) is 36.4 Å². The Labute approximate surface area is 133 Å². The van der Waals surface area contributed by atoms with Crippen LogP contribution in [0.25, 0.3) is 10.4 Å². The zero-order valence-electron chi connectivity index (χ0n) is 11.6. The molecule has 1 fully saturated rings. The van der Waals surface area contributed by atoms with Crippen molar-refractivity contribution < 1.29 is 9.90 Å². The first-order chi connectivity index (χ1) is 10.1. The number of halogens is 1. The Morgan fingerprint density at radius 2 is 2.05 bits per heavy atom. The highest BCUT2D eigenvalue weighted by Gasteiger charge is 2.30. The van der Waals surface area contributed by atoms with Crippen LogP contribution in [0, 0.1) is 11.8 Å². The summed E-state index contributed by atoms with van der Waals surface area (Å²) < 4.78 is 0.798. The van der Waals surface area contributed by atoms with Gasteiger partial charge in [-0.15, -0.1) is 11.3 Å². The molecular weight excluding hydrogens is 304 g/mol. The predicted molar refractivity (Wildman–Crippen MR) is 86.9 cm³/mol. The van der Waals surface area contributed by atoms with E-state index in [2.05, 4.69) is 24.3 Å². The molecule has 0 aliphatic heterocycles. The average Bonchev–Trinajstić information content (AvgIpc) is 3.09. The number of benzene rings is 1. The Morgan fingerprint density at radius 3 is 2.71 bits per heavy atom. The highest BCUT2D eigenvalue weighted by atomic mass is 35.5. The second-order valence-corrected chi connectivity index (χ2v) is 7.39. The topological polar surface area (TPSA) is 37.3 Å². The minimum Gasteiger partial charge on any atom is -0.481 e. The van der Waals surface area contributed by atoms with Gasteiger partial charge in [-0.3, -0.25) is 4.79 Å². The normalized spacial score (nSPS) is 21.6. The van der Waals surface area contributed by atoms with Crippen molar-refractivity contribution in [2.75, 3.05) is 0 Å². The fourth-order valence-electron chi connectivity index (χ4n) is 3.19. The predicted octanol–water partition coefficient (Wildman–Crippen LogP) is 5.11. The summed E-state index contributed by atoms with van der Waals surface area (Å²) in [6, 6.07) is 12.4. The molecule has 1 aliphatic rings. The van der Waals surface area contributed by atoms with E-state index < -0.39 is 5.97 Å². The molecular formula is C17H17ClO2S. The van der Waals surface area contributed by atoms with Gasteiger partial charge in [0.25, 0.3) is 0 Å². The average molecular weight is 321 g/mol. The zero-order valence-corrected chi connectivity index (χ0v) is 13.2. The summed E-state index contributed by atoms with van der Waals surface area (Å²) >= 11 is 7.63. The Morgan fingerprint density at radius 1 is 1.24 bits per heavy atom. The van der Waals surface area contributed by atoms with Gasteiger partial charge >= 0.3 is 5.97 Å². The molecule has 0 radical (unpaired) electrons. The van der Waals surface area contributed by atoms with Gasteiger partial charge in [-0.25, -0.2) is 0 Å². The number of aliphatic carboxylic acids is 1. The molecule has 0 amide bonds. The van der Waals surface area contributed by atoms with Gasteiger partial charge in [0.1, 0.15) is 0 Å². The van der Waals surface area contributed by atoms with E-state index in [1.807, 2.05) is 12.1 Å². The van der Waals surface area contributed by atoms with Crippen LogP contribution in [0.2, 0.25) is 4.34 Å². The number of hydrogen-bond donors (Lipinski definition) is 1. The molecule has 1 aliphatic carbocycles. The van der Waals surface area contributed by atoms with Gasteiger partial charge in [-0.1, -0.05) is 35.9 Å². The third-order valence-corrected chi connectivity index (χ3v) is 5.52. The molecule has 2 aromatic rings. The van der Waals surface area contributed by atoms with Gasteiger partial charge < -0.3 is 5.11 Å². The van der Waals surface area contributed by atoms with Crippen molar-refractivity contribution in [1.82, 2.24) is 0 Å². The Hall–Kier alpha value is -1.32. The fourth-order valence-corrected chi connectivity index (χ4v) is 4.30. The largest absolute Gasteiger partial charge is 0.481 e. The molecule has 0 bridgehead atoms. The van der Waals surface area contributed by atoms with Gasteiger partial charge in [-0.2, -0.15) is 0 Å². The van der Waals surface area contributed by atoms with E-state index in [9.17, 15) is 4.79 Å². The molecule has 1 saturated carbocycles. The van der Waals surface area contributed by atoms with Crippen LogP contribution in [0.4, 0.5) is 0 Å². The van der Waals surface area contributed by atoms with Crippen molar-refractivity contribution in [3.8, 4) is 10.4 Å². The van der Waals surface area contributed by atoms with Crippen LogP contribution in [0.5, 0.6) is 0 Å². The fraction of sp³-hybridized carbons (Fsp3) is 0.353. The first-order valence-electron chi connectivity index (χ1n) is 7.20. The van der Waals surface area contributed by atoms with E-state index in [4.69, 9.17) is 16.7 Å². The third kappa shape index (κ3) is 3.30. The van der Waals surface area contributed by atoms with Crippen LogP contribution in [-0.4, -0.2) is 11.1 Å². The third-order valence-electron chi connectivity index (χ3n) is 4.26. The van der Waals surface area contributed by atoms with E-state index in [1.165, 1.54) is 16.0 Å². The Bertz CT molecular complexity index is 650. The van der Waals surface area contributed by atoms with Crippen LogP contribution >= 0.6 is 22.9 Å². The molecule has 4 heteroatoms. The lowest BCUT2D eigenvalue weighted by atomic mass is 9.93. The molecule has 3 rings (SSSR count). The van der Waals surface area contributed by atoms with Crippen molar-refractivity contribution in [1.29, 1.82) is 0 Å². The first kappa shape index (κ1) is 14.6. The Kier molecular flexibility index (Phi) is 4.32. The number of carbonyl (C=O) groups is 1.